The van der Waals surface area contributed by atoms with Gasteiger partial charge in [0.1, 0.15) is 24.4 Å². The number of aliphatic carboxylic acids is 1. The van der Waals surface area contributed by atoms with E-state index < -0.39 is 43.6 Å². The molecule has 8 nitrogen and oxygen atoms in total. The minimum Gasteiger partial charge on any atom is -0.550 e. The topological polar surface area (TPSA) is 162 Å². The van der Waals surface area contributed by atoms with Crippen molar-refractivity contribution in [3.63, 3.8) is 0 Å². The van der Waals surface area contributed by atoms with Crippen LogP contribution < -0.4 is 34.7 Å². The number of carboxylic acid groups (broad SMARTS) is 1. The molecule has 0 saturated carbocycles. The Balaban J connectivity index is -0.000000340. The quantitative estimate of drug-likeness (QED) is 0.267. The molecule has 0 saturated heterocycles. The molecule has 0 spiro atoms. The van der Waals surface area contributed by atoms with Gasteiger partial charge in [-0.15, -0.1) is 0 Å². The van der Waals surface area contributed by atoms with Crippen molar-refractivity contribution in [2.24, 2.45) is 0 Å². The van der Waals surface area contributed by atoms with E-state index in [1.54, 1.807) is 0 Å². The second kappa shape index (κ2) is 12.7. The molecular weight excluding hydrogens is 247 g/mol. The summed E-state index contributed by atoms with van der Waals surface area (Å²) in [5.74, 6) is -1.08. The molecule has 0 amide bonds. The van der Waals surface area contributed by atoms with Gasteiger partial charge in [0.2, 0.25) is 0 Å². The van der Waals surface area contributed by atoms with Gasteiger partial charge in [-0.2, -0.15) is 0 Å². The van der Waals surface area contributed by atoms with E-state index in [-0.39, 0.29) is 29.6 Å². The molecule has 9 heteroatoms. The third-order valence-electron chi connectivity index (χ3n) is 1.51. The normalized spacial score (nSPS) is 16.6. The molecule has 0 aromatic carbocycles. The van der Waals surface area contributed by atoms with Crippen LogP contribution in [0.5, 0.6) is 0 Å². The summed E-state index contributed by atoms with van der Waals surface area (Å²) in [6.07, 6.45) is -6.39. The second-order valence-electron chi connectivity index (χ2n) is 2.97. The van der Waals surface area contributed by atoms with Crippen LogP contribution in [0.2, 0.25) is 0 Å². The van der Waals surface area contributed by atoms with E-state index in [1.165, 1.54) is 0 Å². The van der Waals surface area contributed by atoms with Crippen molar-refractivity contribution in [1.29, 1.82) is 0 Å². The fourth-order valence-corrected chi connectivity index (χ4v) is 0.671. The summed E-state index contributed by atoms with van der Waals surface area (Å²) < 4.78 is 0. The van der Waals surface area contributed by atoms with Gasteiger partial charge in [-0.05, 0) is 6.92 Å². The first-order valence-corrected chi connectivity index (χ1v) is 4.39. The zero-order valence-corrected chi connectivity index (χ0v) is 11.7. The standard InChI is InChI=1S/C6H14O6.C2H4O2.Na/c7-1-3(9)5(11)6(12)4(10)2-8;1-2(3)4;/h3-12H,1-2H2;1H3,(H,3,4);/q;;+1/p-1/t3-,4+,5-,6-;;/m1../s1. The van der Waals surface area contributed by atoms with Crippen LogP contribution in [0.4, 0.5) is 0 Å². The number of aliphatic hydroxyl groups excluding tert-OH is 6. The Morgan fingerprint density at radius 3 is 1.29 bits per heavy atom. The van der Waals surface area contributed by atoms with Crippen LogP contribution >= 0.6 is 0 Å². The Kier molecular flexibility index (Phi) is 16.7. The summed E-state index contributed by atoms with van der Waals surface area (Å²) in [6, 6.07) is 0. The second-order valence-corrected chi connectivity index (χ2v) is 2.97. The zero-order chi connectivity index (χ0) is 13.3. The fourth-order valence-electron chi connectivity index (χ4n) is 0.671. The molecule has 0 aliphatic carbocycles. The molecule has 0 aromatic heterocycles. The van der Waals surface area contributed by atoms with Gasteiger partial charge in [-0.1, -0.05) is 0 Å². The maximum Gasteiger partial charge on any atom is 1.00 e. The number of hydrogen-bond acceptors (Lipinski definition) is 8. The molecule has 4 atom stereocenters. The number of carboxylic acids is 1. The molecule has 17 heavy (non-hydrogen) atoms. The maximum absolute atomic E-state index is 8.96. The summed E-state index contributed by atoms with van der Waals surface area (Å²) >= 11 is 0. The number of aliphatic hydroxyl groups is 6. The number of carbonyl (C=O) groups excluding carboxylic acids is 1. The molecule has 0 unspecified atom stereocenters. The van der Waals surface area contributed by atoms with Crippen molar-refractivity contribution in [2.45, 2.75) is 31.3 Å². The number of hydrogen-bond donors (Lipinski definition) is 6. The van der Waals surface area contributed by atoms with Gasteiger partial charge in [-0.3, -0.25) is 0 Å². The first-order valence-electron chi connectivity index (χ1n) is 4.39. The van der Waals surface area contributed by atoms with E-state index in [2.05, 4.69) is 0 Å². The van der Waals surface area contributed by atoms with Gasteiger partial charge in [0.05, 0.1) is 13.2 Å². The van der Waals surface area contributed by atoms with Crippen LogP contribution in [-0.4, -0.2) is 74.2 Å². The first kappa shape index (κ1) is 22.4. The van der Waals surface area contributed by atoms with Crippen molar-refractivity contribution in [3.8, 4) is 0 Å². The summed E-state index contributed by atoms with van der Waals surface area (Å²) in [5, 5.41) is 61.1. The smallest absolute Gasteiger partial charge is 0.550 e. The average Bonchev–Trinajstić information content (AvgIpc) is 2.24. The van der Waals surface area contributed by atoms with E-state index >= 15 is 0 Å². The first-order chi connectivity index (χ1) is 7.27. The summed E-state index contributed by atoms with van der Waals surface area (Å²) in [5.41, 5.74) is 0. The third kappa shape index (κ3) is 12.5. The molecule has 0 aliphatic rings. The maximum atomic E-state index is 8.96. The molecule has 0 bridgehead atoms. The Morgan fingerprint density at radius 1 is 1.00 bits per heavy atom. The summed E-state index contributed by atoms with van der Waals surface area (Å²) in [6.45, 7) is -0.479. The van der Waals surface area contributed by atoms with Crippen LogP contribution in [0.1, 0.15) is 6.92 Å². The van der Waals surface area contributed by atoms with Crippen LogP contribution in [0.25, 0.3) is 0 Å². The summed E-state index contributed by atoms with van der Waals surface area (Å²) in [4.78, 5) is 8.89. The minimum absolute atomic E-state index is 0. The van der Waals surface area contributed by atoms with Gasteiger partial charge < -0.3 is 40.5 Å². The monoisotopic (exact) mass is 264 g/mol. The Bertz CT molecular complexity index is 172. The van der Waals surface area contributed by atoms with Crippen molar-refractivity contribution in [3.05, 3.63) is 0 Å². The Labute approximate surface area is 120 Å². The molecule has 0 radical (unpaired) electrons. The predicted molar refractivity (Wildman–Crippen MR) is 48.9 cm³/mol. The van der Waals surface area contributed by atoms with E-state index in [1.807, 2.05) is 0 Å². The molecule has 0 aromatic rings. The number of carbonyl (C=O) groups is 1. The Hall–Kier alpha value is 0.230. The van der Waals surface area contributed by atoms with Crippen molar-refractivity contribution < 1.29 is 70.1 Å². The largest absolute Gasteiger partial charge is 1.00 e. The molecular formula is C8H17NaO8. The summed E-state index contributed by atoms with van der Waals surface area (Å²) in [7, 11) is 0. The van der Waals surface area contributed by atoms with E-state index in [0.717, 1.165) is 6.92 Å². The molecule has 98 valence electrons. The Morgan fingerprint density at radius 2 is 1.18 bits per heavy atom. The fraction of sp³-hybridized carbons (Fsp3) is 0.875. The van der Waals surface area contributed by atoms with Crippen LogP contribution in [0.15, 0.2) is 0 Å². The van der Waals surface area contributed by atoms with Gasteiger partial charge in [-0.25, -0.2) is 0 Å². The van der Waals surface area contributed by atoms with Gasteiger partial charge in [0.25, 0.3) is 0 Å². The molecule has 0 heterocycles. The van der Waals surface area contributed by atoms with Gasteiger partial charge in [0, 0.05) is 5.97 Å². The van der Waals surface area contributed by atoms with Crippen molar-refractivity contribution in [1.82, 2.24) is 0 Å². The SMILES string of the molecule is CC(=O)[O-].OC[C@@H](O)[C@@H](O)[C@H](O)[C@@H](O)CO.[Na+]. The van der Waals surface area contributed by atoms with Crippen molar-refractivity contribution >= 4 is 5.97 Å². The molecule has 0 fully saturated rings. The molecule has 0 aliphatic heterocycles. The molecule has 6 N–H and O–H groups in total. The predicted octanol–water partition coefficient (Wildman–Crippen LogP) is -7.83. The average molecular weight is 264 g/mol. The minimum atomic E-state index is -1.67. The van der Waals surface area contributed by atoms with Gasteiger partial charge >= 0.3 is 29.6 Å². The van der Waals surface area contributed by atoms with E-state index in [0.29, 0.717) is 0 Å². The van der Waals surface area contributed by atoms with Crippen LogP contribution in [0, 0.1) is 0 Å². The third-order valence-corrected chi connectivity index (χ3v) is 1.51. The van der Waals surface area contributed by atoms with Crippen molar-refractivity contribution in [2.75, 3.05) is 13.2 Å². The van der Waals surface area contributed by atoms with E-state index in [4.69, 9.17) is 40.5 Å². The molecule has 0 rings (SSSR count). The van der Waals surface area contributed by atoms with Crippen LogP contribution in [0.3, 0.4) is 0 Å². The van der Waals surface area contributed by atoms with Gasteiger partial charge in [0.15, 0.2) is 0 Å². The van der Waals surface area contributed by atoms with Crippen LogP contribution in [-0.2, 0) is 4.79 Å². The van der Waals surface area contributed by atoms with E-state index in [9.17, 15) is 0 Å². The zero-order valence-electron chi connectivity index (χ0n) is 9.72. The number of rotatable bonds is 5.